The first-order valence-corrected chi connectivity index (χ1v) is 9.86. The second kappa shape index (κ2) is 8.24. The lowest BCUT2D eigenvalue weighted by atomic mass is 9.82. The first kappa shape index (κ1) is 19.6. The van der Waals surface area contributed by atoms with Crippen molar-refractivity contribution < 1.29 is 19.2 Å². The van der Waals surface area contributed by atoms with Gasteiger partial charge in [0.15, 0.2) is 0 Å². The minimum Gasteiger partial charge on any atom is -0.355 e. The molecule has 0 aromatic rings. The van der Waals surface area contributed by atoms with E-state index in [-0.39, 0.29) is 30.2 Å². The number of carbonyl (C=O) groups excluding carboxylic acids is 4. The quantitative estimate of drug-likeness (QED) is 0.558. The van der Waals surface area contributed by atoms with Gasteiger partial charge in [-0.2, -0.15) is 0 Å². The Balaban J connectivity index is 1.59. The van der Waals surface area contributed by atoms with E-state index in [0.29, 0.717) is 45.4 Å². The van der Waals surface area contributed by atoms with E-state index < -0.39 is 11.6 Å². The van der Waals surface area contributed by atoms with Crippen molar-refractivity contribution in [1.82, 2.24) is 20.4 Å². The summed E-state index contributed by atoms with van der Waals surface area (Å²) in [6, 6.07) is -0.482. The van der Waals surface area contributed by atoms with Crippen LogP contribution in [-0.4, -0.2) is 71.8 Å². The Morgan fingerprint density at radius 2 is 1.93 bits per heavy atom. The molecule has 3 aliphatic rings. The van der Waals surface area contributed by atoms with Crippen LogP contribution in [0.3, 0.4) is 0 Å². The van der Waals surface area contributed by atoms with Crippen LogP contribution in [0.4, 0.5) is 4.79 Å². The number of piperidine rings is 1. The van der Waals surface area contributed by atoms with Crippen molar-refractivity contribution in [2.75, 3.05) is 32.7 Å². The second-order valence-corrected chi connectivity index (χ2v) is 7.72. The molecule has 0 radical (unpaired) electrons. The van der Waals surface area contributed by atoms with E-state index >= 15 is 0 Å². The van der Waals surface area contributed by atoms with Gasteiger partial charge in [-0.25, -0.2) is 4.79 Å². The Kier molecular flexibility index (Phi) is 5.98. The lowest BCUT2D eigenvalue weighted by Gasteiger charge is -2.33. The zero-order chi connectivity index (χ0) is 19.4. The third-order valence-electron chi connectivity index (χ3n) is 5.83. The number of likely N-dealkylation sites (tertiary alicyclic amines) is 1. The van der Waals surface area contributed by atoms with Crippen LogP contribution in [0.1, 0.15) is 44.9 Å². The number of carbonyl (C=O) groups is 4. The molecule has 4 N–H and O–H groups in total. The summed E-state index contributed by atoms with van der Waals surface area (Å²) in [7, 11) is 0. The van der Waals surface area contributed by atoms with Crippen LogP contribution in [-0.2, 0) is 14.4 Å². The van der Waals surface area contributed by atoms with E-state index in [9.17, 15) is 19.2 Å². The molecule has 150 valence electrons. The molecule has 1 atom stereocenters. The average molecular weight is 379 g/mol. The van der Waals surface area contributed by atoms with Crippen LogP contribution in [0.5, 0.6) is 0 Å². The van der Waals surface area contributed by atoms with Crippen LogP contribution in [0.15, 0.2) is 0 Å². The van der Waals surface area contributed by atoms with Crippen LogP contribution < -0.4 is 16.4 Å². The molecule has 1 unspecified atom stereocenters. The number of nitrogens with two attached hydrogens (primary N) is 1. The minimum atomic E-state index is -0.817. The van der Waals surface area contributed by atoms with Gasteiger partial charge in [-0.15, -0.1) is 0 Å². The zero-order valence-corrected chi connectivity index (χ0v) is 15.7. The van der Waals surface area contributed by atoms with Gasteiger partial charge in [0.2, 0.25) is 11.8 Å². The second-order valence-electron chi connectivity index (χ2n) is 7.72. The van der Waals surface area contributed by atoms with Crippen molar-refractivity contribution in [1.29, 1.82) is 0 Å². The first-order chi connectivity index (χ1) is 13.0. The number of nitrogens with one attached hydrogen (secondary N) is 2. The maximum absolute atomic E-state index is 12.8. The van der Waals surface area contributed by atoms with Crippen molar-refractivity contribution in [2.45, 2.75) is 50.5 Å². The summed E-state index contributed by atoms with van der Waals surface area (Å²) in [5, 5.41) is 5.58. The van der Waals surface area contributed by atoms with Gasteiger partial charge in [0.25, 0.3) is 5.91 Å². The van der Waals surface area contributed by atoms with E-state index in [1.165, 1.54) is 0 Å². The molecule has 9 heteroatoms. The van der Waals surface area contributed by atoms with Crippen molar-refractivity contribution >= 4 is 23.8 Å². The molecule has 2 saturated heterocycles. The third kappa shape index (κ3) is 4.07. The fourth-order valence-electron chi connectivity index (χ4n) is 4.31. The van der Waals surface area contributed by atoms with Crippen LogP contribution in [0.2, 0.25) is 0 Å². The standard InChI is InChI=1S/C18H29N5O4/c19-8-9-20-15(25)13-5-4-10-22(11-13)14(24)12-23-16(26)18(21-17(23)27)6-2-1-3-7-18/h13H,1-12,19H2,(H,20,25)(H,21,27). The molecule has 3 fully saturated rings. The molecule has 0 aromatic carbocycles. The molecule has 9 nitrogen and oxygen atoms in total. The SMILES string of the molecule is NCCNC(=O)C1CCCN(C(=O)CN2C(=O)NC3(CCCCC3)C2=O)C1. The topological polar surface area (TPSA) is 125 Å². The molecule has 5 amide bonds. The smallest absolute Gasteiger partial charge is 0.325 e. The molecule has 0 bridgehead atoms. The third-order valence-corrected chi connectivity index (χ3v) is 5.83. The Bertz CT molecular complexity index is 617. The summed E-state index contributed by atoms with van der Waals surface area (Å²) in [6.07, 6.45) is 5.57. The van der Waals surface area contributed by atoms with E-state index in [1.807, 2.05) is 0 Å². The van der Waals surface area contributed by atoms with Crippen molar-refractivity contribution in [2.24, 2.45) is 11.7 Å². The van der Waals surface area contributed by atoms with Gasteiger partial charge in [-0.05, 0) is 25.7 Å². The van der Waals surface area contributed by atoms with Crippen LogP contribution in [0, 0.1) is 5.92 Å². The summed E-state index contributed by atoms with van der Waals surface area (Å²) >= 11 is 0. The first-order valence-electron chi connectivity index (χ1n) is 9.86. The predicted molar refractivity (Wildman–Crippen MR) is 97.4 cm³/mol. The lowest BCUT2D eigenvalue weighted by Crippen LogP contribution is -2.51. The molecule has 3 rings (SSSR count). The van der Waals surface area contributed by atoms with Crippen molar-refractivity contribution in [3.8, 4) is 0 Å². The normalized spacial score (nSPS) is 24.9. The number of hydrogen-bond acceptors (Lipinski definition) is 5. The molecule has 1 spiro atoms. The molecule has 2 heterocycles. The summed E-state index contributed by atoms with van der Waals surface area (Å²) < 4.78 is 0. The van der Waals surface area contributed by atoms with E-state index in [4.69, 9.17) is 5.73 Å². The highest BCUT2D eigenvalue weighted by Crippen LogP contribution is 2.33. The van der Waals surface area contributed by atoms with Crippen molar-refractivity contribution in [3.63, 3.8) is 0 Å². The Hall–Kier alpha value is -2.16. The Labute approximate surface area is 159 Å². The van der Waals surface area contributed by atoms with Gasteiger partial charge < -0.3 is 21.3 Å². The van der Waals surface area contributed by atoms with Gasteiger partial charge in [-0.1, -0.05) is 19.3 Å². The van der Waals surface area contributed by atoms with Gasteiger partial charge in [0, 0.05) is 26.2 Å². The van der Waals surface area contributed by atoms with Crippen molar-refractivity contribution in [3.05, 3.63) is 0 Å². The lowest BCUT2D eigenvalue weighted by molar-refractivity contribution is -0.141. The number of amides is 5. The summed E-state index contributed by atoms with van der Waals surface area (Å²) in [5.41, 5.74) is 4.59. The number of urea groups is 1. The number of hydrogen-bond donors (Lipinski definition) is 3. The zero-order valence-electron chi connectivity index (χ0n) is 15.7. The van der Waals surface area contributed by atoms with Gasteiger partial charge in [-0.3, -0.25) is 19.3 Å². The van der Waals surface area contributed by atoms with Crippen LogP contribution >= 0.6 is 0 Å². The summed E-state index contributed by atoms with van der Waals surface area (Å²) in [6.45, 7) is 1.37. The minimum absolute atomic E-state index is 0.103. The predicted octanol–water partition coefficient (Wildman–Crippen LogP) is -0.445. The van der Waals surface area contributed by atoms with Gasteiger partial charge >= 0.3 is 6.03 Å². The van der Waals surface area contributed by atoms with Gasteiger partial charge in [0.1, 0.15) is 12.1 Å². The fourth-order valence-corrected chi connectivity index (χ4v) is 4.31. The number of nitrogens with zero attached hydrogens (tertiary/aromatic N) is 2. The monoisotopic (exact) mass is 379 g/mol. The highest BCUT2D eigenvalue weighted by atomic mass is 16.2. The average Bonchev–Trinajstić information content (AvgIpc) is 2.90. The summed E-state index contributed by atoms with van der Waals surface area (Å²) in [5.74, 6) is -0.950. The van der Waals surface area contributed by atoms with Crippen LogP contribution in [0.25, 0.3) is 0 Å². The van der Waals surface area contributed by atoms with E-state index in [1.54, 1.807) is 4.90 Å². The highest BCUT2D eigenvalue weighted by molar-refractivity contribution is 6.09. The number of imide groups is 1. The summed E-state index contributed by atoms with van der Waals surface area (Å²) in [4.78, 5) is 52.6. The molecular formula is C18H29N5O4. The maximum atomic E-state index is 12.8. The highest BCUT2D eigenvalue weighted by Gasteiger charge is 2.51. The molecule has 2 aliphatic heterocycles. The maximum Gasteiger partial charge on any atom is 0.325 e. The largest absolute Gasteiger partial charge is 0.355 e. The van der Waals surface area contributed by atoms with E-state index in [2.05, 4.69) is 10.6 Å². The van der Waals surface area contributed by atoms with Gasteiger partial charge in [0.05, 0.1) is 5.92 Å². The Morgan fingerprint density at radius 3 is 2.63 bits per heavy atom. The molecule has 27 heavy (non-hydrogen) atoms. The molecule has 1 saturated carbocycles. The number of rotatable bonds is 5. The molecular weight excluding hydrogens is 350 g/mol. The molecule has 0 aromatic heterocycles. The van der Waals surface area contributed by atoms with E-state index in [0.717, 1.165) is 30.6 Å². The Morgan fingerprint density at radius 1 is 1.19 bits per heavy atom. The molecule has 1 aliphatic carbocycles. The fraction of sp³-hybridized carbons (Fsp3) is 0.778.